The van der Waals surface area contributed by atoms with E-state index in [1.807, 2.05) is 0 Å². The molecule has 2 rings (SSSR count). The lowest BCUT2D eigenvalue weighted by Crippen LogP contribution is -2.27. The molecular formula is C11H13FN4O2S. The van der Waals surface area contributed by atoms with Crippen LogP contribution in [0.25, 0.3) is 0 Å². The molecule has 0 amide bonds. The maximum atomic E-state index is 13.3. The van der Waals surface area contributed by atoms with E-state index >= 15 is 0 Å². The number of sulfonamides is 1. The van der Waals surface area contributed by atoms with E-state index in [1.165, 1.54) is 18.3 Å². The van der Waals surface area contributed by atoms with Crippen molar-refractivity contribution in [3.63, 3.8) is 0 Å². The Morgan fingerprint density at radius 1 is 1.47 bits per heavy atom. The summed E-state index contributed by atoms with van der Waals surface area (Å²) in [7, 11) is -3.90. The van der Waals surface area contributed by atoms with Gasteiger partial charge in [0.25, 0.3) is 0 Å². The van der Waals surface area contributed by atoms with E-state index in [4.69, 9.17) is 5.73 Å². The van der Waals surface area contributed by atoms with E-state index in [9.17, 15) is 12.8 Å². The fourth-order valence-electron chi connectivity index (χ4n) is 1.61. The molecule has 0 spiro atoms. The van der Waals surface area contributed by atoms with Gasteiger partial charge in [-0.1, -0.05) is 6.07 Å². The summed E-state index contributed by atoms with van der Waals surface area (Å²) in [6, 6.07) is 3.14. The number of nitrogens with one attached hydrogen (secondary N) is 2. The van der Waals surface area contributed by atoms with E-state index in [1.54, 1.807) is 13.1 Å². The Bertz CT molecular complexity index is 670. The zero-order chi connectivity index (χ0) is 14.0. The largest absolute Gasteiger partial charge is 0.395 e. The van der Waals surface area contributed by atoms with E-state index in [0.29, 0.717) is 5.56 Å². The summed E-state index contributed by atoms with van der Waals surface area (Å²) < 4.78 is 39.9. The minimum Gasteiger partial charge on any atom is -0.395 e. The van der Waals surface area contributed by atoms with Crippen LogP contribution in [0, 0.1) is 5.82 Å². The highest BCUT2D eigenvalue weighted by atomic mass is 32.2. The number of aromatic nitrogens is 2. The topological polar surface area (TPSA) is 101 Å². The summed E-state index contributed by atoms with van der Waals surface area (Å²) in [4.78, 5) is -0.275. The molecule has 0 fully saturated rings. The second kappa shape index (κ2) is 4.98. The van der Waals surface area contributed by atoms with Crippen LogP contribution in [0.15, 0.2) is 35.5 Å². The summed E-state index contributed by atoms with van der Waals surface area (Å²) in [6.07, 6.45) is 3.07. The fourth-order valence-corrected chi connectivity index (χ4v) is 2.99. The number of hydrogen-bond acceptors (Lipinski definition) is 4. The summed E-state index contributed by atoms with van der Waals surface area (Å²) in [5.41, 5.74) is 5.72. The number of aromatic amines is 1. The molecule has 8 heteroatoms. The Labute approximate surface area is 109 Å². The van der Waals surface area contributed by atoms with Gasteiger partial charge in [0.1, 0.15) is 10.7 Å². The average molecular weight is 284 g/mol. The van der Waals surface area contributed by atoms with Crippen LogP contribution in [0.4, 0.5) is 10.1 Å². The molecule has 6 nitrogen and oxygen atoms in total. The van der Waals surface area contributed by atoms with Gasteiger partial charge in [-0.25, -0.2) is 17.5 Å². The Balaban J connectivity index is 2.31. The molecule has 102 valence electrons. The van der Waals surface area contributed by atoms with Crippen molar-refractivity contribution in [2.45, 2.75) is 17.9 Å². The molecule has 1 aromatic heterocycles. The van der Waals surface area contributed by atoms with Crippen molar-refractivity contribution in [1.82, 2.24) is 14.9 Å². The van der Waals surface area contributed by atoms with Gasteiger partial charge in [0.2, 0.25) is 10.0 Å². The number of H-pyrrole nitrogens is 1. The van der Waals surface area contributed by atoms with Crippen molar-refractivity contribution in [3.8, 4) is 0 Å². The van der Waals surface area contributed by atoms with Crippen LogP contribution >= 0.6 is 0 Å². The molecule has 0 aliphatic rings. The van der Waals surface area contributed by atoms with Gasteiger partial charge >= 0.3 is 0 Å². The van der Waals surface area contributed by atoms with E-state index in [2.05, 4.69) is 14.9 Å². The molecule has 0 aliphatic heterocycles. The van der Waals surface area contributed by atoms with Crippen molar-refractivity contribution in [1.29, 1.82) is 0 Å². The quantitative estimate of drug-likeness (QED) is 0.733. The molecule has 1 atom stereocenters. The lowest BCUT2D eigenvalue weighted by atomic mass is 10.2. The number of benzene rings is 1. The molecule has 1 heterocycles. The highest BCUT2D eigenvalue weighted by Crippen LogP contribution is 2.23. The van der Waals surface area contributed by atoms with Gasteiger partial charge in [-0.3, -0.25) is 5.10 Å². The molecular weight excluding hydrogens is 271 g/mol. The molecule has 0 radical (unpaired) electrons. The second-order valence-electron chi connectivity index (χ2n) is 4.03. The summed E-state index contributed by atoms with van der Waals surface area (Å²) in [5, 5.41) is 6.32. The lowest BCUT2D eigenvalue weighted by molar-refractivity contribution is 0.565. The van der Waals surface area contributed by atoms with E-state index < -0.39 is 27.6 Å². The van der Waals surface area contributed by atoms with Crippen molar-refractivity contribution in [2.24, 2.45) is 0 Å². The van der Waals surface area contributed by atoms with Gasteiger partial charge in [0, 0.05) is 17.8 Å². The molecule has 0 saturated heterocycles. The second-order valence-corrected chi connectivity index (χ2v) is 5.71. The van der Waals surface area contributed by atoms with Crippen LogP contribution in [0.5, 0.6) is 0 Å². The SMILES string of the molecule is CC(NS(=O)(=O)c1cccc(F)c1N)c1cn[nH]c1. The third-order valence-corrected chi connectivity index (χ3v) is 4.25. The molecule has 0 aliphatic carbocycles. The Morgan fingerprint density at radius 3 is 2.84 bits per heavy atom. The monoisotopic (exact) mass is 284 g/mol. The van der Waals surface area contributed by atoms with Gasteiger partial charge < -0.3 is 5.73 Å². The smallest absolute Gasteiger partial charge is 0.243 e. The number of halogens is 1. The van der Waals surface area contributed by atoms with Crippen molar-refractivity contribution in [2.75, 3.05) is 5.73 Å². The number of rotatable bonds is 4. The van der Waals surface area contributed by atoms with Gasteiger partial charge in [0.05, 0.1) is 11.9 Å². The number of nitrogens with zero attached hydrogens (tertiary/aromatic N) is 1. The molecule has 0 bridgehead atoms. The Hall–Kier alpha value is -1.93. The van der Waals surface area contributed by atoms with Crippen LogP contribution in [0.1, 0.15) is 18.5 Å². The van der Waals surface area contributed by atoms with Crippen LogP contribution in [-0.2, 0) is 10.0 Å². The molecule has 4 N–H and O–H groups in total. The predicted octanol–water partition coefficient (Wildman–Crippen LogP) is 1.17. The summed E-state index contributed by atoms with van der Waals surface area (Å²) >= 11 is 0. The Morgan fingerprint density at radius 2 is 2.21 bits per heavy atom. The lowest BCUT2D eigenvalue weighted by Gasteiger charge is -2.14. The zero-order valence-corrected chi connectivity index (χ0v) is 10.9. The average Bonchev–Trinajstić information content (AvgIpc) is 2.85. The maximum absolute atomic E-state index is 13.3. The zero-order valence-electron chi connectivity index (χ0n) is 10.1. The molecule has 2 aromatic rings. The van der Waals surface area contributed by atoms with Crippen LogP contribution in [-0.4, -0.2) is 18.6 Å². The minimum absolute atomic E-state index is 0.275. The minimum atomic E-state index is -3.90. The first-order valence-electron chi connectivity index (χ1n) is 5.47. The number of nitrogens with two attached hydrogens (primary N) is 1. The van der Waals surface area contributed by atoms with Crippen molar-refractivity contribution < 1.29 is 12.8 Å². The predicted molar refractivity (Wildman–Crippen MR) is 68.1 cm³/mol. The van der Waals surface area contributed by atoms with E-state index in [0.717, 1.165) is 6.07 Å². The number of para-hydroxylation sites is 1. The fraction of sp³-hybridized carbons (Fsp3) is 0.182. The van der Waals surface area contributed by atoms with Crippen LogP contribution < -0.4 is 10.5 Å². The van der Waals surface area contributed by atoms with Crippen LogP contribution in [0.3, 0.4) is 0 Å². The van der Waals surface area contributed by atoms with E-state index in [-0.39, 0.29) is 4.90 Å². The summed E-state index contributed by atoms with van der Waals surface area (Å²) in [5.74, 6) is -0.765. The highest BCUT2D eigenvalue weighted by molar-refractivity contribution is 7.89. The number of hydrogen-bond donors (Lipinski definition) is 3. The van der Waals surface area contributed by atoms with Gasteiger partial charge in [-0.05, 0) is 19.1 Å². The van der Waals surface area contributed by atoms with Crippen molar-refractivity contribution >= 4 is 15.7 Å². The first-order valence-corrected chi connectivity index (χ1v) is 6.95. The molecule has 1 aromatic carbocycles. The number of anilines is 1. The standard InChI is InChI=1S/C11H13FN4O2S/c1-7(8-5-14-15-6-8)16-19(17,18)10-4-2-3-9(12)11(10)13/h2-7,16H,13H2,1H3,(H,14,15). The maximum Gasteiger partial charge on any atom is 0.243 e. The normalized spacial score (nSPS) is 13.4. The third-order valence-electron chi connectivity index (χ3n) is 2.65. The highest BCUT2D eigenvalue weighted by Gasteiger charge is 2.22. The molecule has 19 heavy (non-hydrogen) atoms. The molecule has 0 saturated carbocycles. The third kappa shape index (κ3) is 2.74. The number of nitrogen functional groups attached to an aromatic ring is 1. The summed E-state index contributed by atoms with van der Waals surface area (Å²) in [6.45, 7) is 1.65. The van der Waals surface area contributed by atoms with Crippen molar-refractivity contribution in [3.05, 3.63) is 42.0 Å². The van der Waals surface area contributed by atoms with Gasteiger partial charge in [0.15, 0.2) is 0 Å². The van der Waals surface area contributed by atoms with Crippen LogP contribution in [0.2, 0.25) is 0 Å². The first kappa shape index (κ1) is 13.5. The Kier molecular flexibility index (Phi) is 3.54. The van der Waals surface area contributed by atoms with Gasteiger partial charge in [-0.2, -0.15) is 5.10 Å². The molecule has 1 unspecified atom stereocenters. The first-order chi connectivity index (χ1) is 8.92. The van der Waals surface area contributed by atoms with Gasteiger partial charge in [-0.15, -0.1) is 0 Å².